The lowest BCUT2D eigenvalue weighted by Crippen LogP contribution is -2.57. The first-order chi connectivity index (χ1) is 11.2. The summed E-state index contributed by atoms with van der Waals surface area (Å²) in [6.45, 7) is 0.652. The summed E-state index contributed by atoms with van der Waals surface area (Å²) in [5.41, 5.74) is 1.16. The van der Waals surface area contributed by atoms with Gasteiger partial charge in [0.25, 0.3) is 0 Å². The van der Waals surface area contributed by atoms with Crippen molar-refractivity contribution in [1.29, 1.82) is 0 Å². The van der Waals surface area contributed by atoms with E-state index in [0.717, 1.165) is 40.7 Å². The molecule has 0 saturated heterocycles. The average Bonchev–Trinajstić information content (AvgIpc) is 2.50. The predicted octanol–water partition coefficient (Wildman–Crippen LogP) is 4.01. The van der Waals surface area contributed by atoms with Gasteiger partial charge in [-0.2, -0.15) is 0 Å². The third kappa shape index (κ3) is 3.35. The molecule has 0 aliphatic heterocycles. The Kier molecular flexibility index (Phi) is 4.23. The van der Waals surface area contributed by atoms with E-state index in [-0.39, 0.29) is 6.03 Å². The maximum atomic E-state index is 12.2. The molecule has 0 heterocycles. The van der Waals surface area contributed by atoms with Crippen LogP contribution in [0.4, 0.5) is 4.79 Å². The number of carbonyl (C=O) groups excluding carboxylic acids is 1. The molecular formula is C19H25ClN2O. The Morgan fingerprint density at radius 1 is 1.09 bits per heavy atom. The number of amides is 2. The molecule has 4 fully saturated rings. The number of hydrogen-bond acceptors (Lipinski definition) is 1. The zero-order valence-electron chi connectivity index (χ0n) is 13.4. The summed E-state index contributed by atoms with van der Waals surface area (Å²) >= 11 is 5.99. The van der Waals surface area contributed by atoms with Gasteiger partial charge in [-0.25, -0.2) is 4.79 Å². The molecule has 124 valence electrons. The summed E-state index contributed by atoms with van der Waals surface area (Å²) in [7, 11) is 0. The highest BCUT2D eigenvalue weighted by atomic mass is 35.5. The lowest BCUT2D eigenvalue weighted by Gasteiger charge is -2.54. The van der Waals surface area contributed by atoms with Crippen molar-refractivity contribution in [2.75, 3.05) is 6.54 Å². The average molecular weight is 333 g/mol. The zero-order chi connectivity index (χ0) is 15.8. The highest BCUT2D eigenvalue weighted by Crippen LogP contribution is 2.53. The zero-order valence-corrected chi connectivity index (χ0v) is 14.2. The summed E-state index contributed by atoms with van der Waals surface area (Å²) < 4.78 is 0. The number of rotatable bonds is 4. The molecule has 4 heteroatoms. The van der Waals surface area contributed by atoms with Gasteiger partial charge in [-0.1, -0.05) is 23.7 Å². The van der Waals surface area contributed by atoms with Crippen molar-refractivity contribution in [2.24, 2.45) is 23.7 Å². The lowest BCUT2D eigenvalue weighted by atomic mass is 9.54. The summed E-state index contributed by atoms with van der Waals surface area (Å²) in [6.07, 6.45) is 7.60. The number of urea groups is 1. The van der Waals surface area contributed by atoms with Crippen LogP contribution in [0.25, 0.3) is 0 Å². The summed E-state index contributed by atoms with van der Waals surface area (Å²) in [5.74, 6) is 3.35. The maximum absolute atomic E-state index is 12.2. The normalized spacial score (nSPS) is 34.4. The highest BCUT2D eigenvalue weighted by Gasteiger charge is 2.48. The first-order valence-electron chi connectivity index (χ1n) is 8.96. The monoisotopic (exact) mass is 332 g/mol. The van der Waals surface area contributed by atoms with Gasteiger partial charge in [0, 0.05) is 17.6 Å². The van der Waals surface area contributed by atoms with Gasteiger partial charge in [-0.15, -0.1) is 0 Å². The fourth-order valence-corrected chi connectivity index (χ4v) is 5.59. The molecule has 3 nitrogen and oxygen atoms in total. The molecule has 4 saturated carbocycles. The standard InChI is InChI=1S/C19H25ClN2O/c20-17-3-1-2-12(11-17)4-5-21-19(23)22-18-15-7-13-6-14(9-15)10-16(18)8-13/h1-3,11,13-16,18H,4-10H2,(H2,21,22,23). The van der Waals surface area contributed by atoms with Crippen molar-refractivity contribution in [3.8, 4) is 0 Å². The summed E-state index contributed by atoms with van der Waals surface area (Å²) in [4.78, 5) is 12.2. The largest absolute Gasteiger partial charge is 0.338 e. The molecule has 2 N–H and O–H groups in total. The van der Waals surface area contributed by atoms with E-state index in [2.05, 4.69) is 10.6 Å². The third-order valence-corrected chi connectivity index (χ3v) is 6.35. The van der Waals surface area contributed by atoms with Crippen LogP contribution >= 0.6 is 11.6 Å². The van der Waals surface area contributed by atoms with Gasteiger partial charge in [-0.05, 0) is 79.9 Å². The summed E-state index contributed by atoms with van der Waals surface area (Å²) in [6, 6.07) is 8.24. The van der Waals surface area contributed by atoms with E-state index in [1.165, 1.54) is 32.1 Å². The first kappa shape index (κ1) is 15.3. The van der Waals surface area contributed by atoms with Crippen LogP contribution in [0.3, 0.4) is 0 Å². The minimum Gasteiger partial charge on any atom is -0.338 e. The van der Waals surface area contributed by atoms with E-state index >= 15 is 0 Å². The van der Waals surface area contributed by atoms with Gasteiger partial charge in [-0.3, -0.25) is 0 Å². The van der Waals surface area contributed by atoms with E-state index in [9.17, 15) is 4.79 Å². The number of hydrogen-bond donors (Lipinski definition) is 2. The lowest BCUT2D eigenvalue weighted by molar-refractivity contribution is -0.00940. The molecule has 4 bridgehead atoms. The maximum Gasteiger partial charge on any atom is 0.315 e. The van der Waals surface area contributed by atoms with E-state index in [0.29, 0.717) is 12.6 Å². The molecular weight excluding hydrogens is 308 g/mol. The van der Waals surface area contributed by atoms with Gasteiger partial charge >= 0.3 is 6.03 Å². The smallest absolute Gasteiger partial charge is 0.315 e. The number of halogens is 1. The van der Waals surface area contributed by atoms with Crippen molar-refractivity contribution >= 4 is 17.6 Å². The molecule has 5 rings (SSSR count). The van der Waals surface area contributed by atoms with E-state index < -0.39 is 0 Å². The second-order valence-corrected chi connectivity index (χ2v) is 8.17. The van der Waals surface area contributed by atoms with Crippen LogP contribution in [0.15, 0.2) is 24.3 Å². The Morgan fingerprint density at radius 2 is 1.78 bits per heavy atom. The SMILES string of the molecule is O=C(NCCc1cccc(Cl)c1)NC1C2CC3CC(C2)CC1C3. The van der Waals surface area contributed by atoms with Crippen molar-refractivity contribution < 1.29 is 4.79 Å². The van der Waals surface area contributed by atoms with Gasteiger partial charge in [0.05, 0.1) is 0 Å². The van der Waals surface area contributed by atoms with Gasteiger partial charge in [0.1, 0.15) is 0 Å². The number of carbonyl (C=O) groups is 1. The van der Waals surface area contributed by atoms with E-state index in [1.807, 2.05) is 24.3 Å². The van der Waals surface area contributed by atoms with Crippen LogP contribution in [-0.4, -0.2) is 18.6 Å². The van der Waals surface area contributed by atoms with Gasteiger partial charge < -0.3 is 10.6 Å². The summed E-state index contributed by atoms with van der Waals surface area (Å²) in [5, 5.41) is 7.05. The van der Waals surface area contributed by atoms with E-state index in [4.69, 9.17) is 11.6 Å². The van der Waals surface area contributed by atoms with Crippen molar-refractivity contribution in [3.63, 3.8) is 0 Å². The topological polar surface area (TPSA) is 41.1 Å². The van der Waals surface area contributed by atoms with Crippen LogP contribution < -0.4 is 10.6 Å². The van der Waals surface area contributed by atoms with Crippen molar-refractivity contribution in [3.05, 3.63) is 34.9 Å². The molecule has 1 aromatic rings. The number of benzene rings is 1. The van der Waals surface area contributed by atoms with Crippen LogP contribution in [-0.2, 0) is 6.42 Å². The van der Waals surface area contributed by atoms with Crippen LogP contribution in [0, 0.1) is 23.7 Å². The molecule has 0 unspecified atom stereocenters. The Balaban J connectivity index is 1.26. The Labute approximate surface area is 143 Å². The molecule has 23 heavy (non-hydrogen) atoms. The van der Waals surface area contributed by atoms with Crippen LogP contribution in [0.5, 0.6) is 0 Å². The molecule has 0 spiro atoms. The molecule has 0 radical (unpaired) electrons. The fraction of sp³-hybridized carbons (Fsp3) is 0.632. The molecule has 4 aliphatic carbocycles. The molecule has 4 aliphatic rings. The van der Waals surface area contributed by atoms with Crippen molar-refractivity contribution in [2.45, 2.75) is 44.6 Å². The van der Waals surface area contributed by atoms with Gasteiger partial charge in [0.15, 0.2) is 0 Å². The molecule has 2 amide bonds. The van der Waals surface area contributed by atoms with E-state index in [1.54, 1.807) is 0 Å². The minimum atomic E-state index is 0.00417. The quantitative estimate of drug-likeness (QED) is 0.859. The fourth-order valence-electron chi connectivity index (χ4n) is 5.38. The van der Waals surface area contributed by atoms with Crippen LogP contribution in [0.2, 0.25) is 5.02 Å². The van der Waals surface area contributed by atoms with Crippen molar-refractivity contribution in [1.82, 2.24) is 10.6 Å². The van der Waals surface area contributed by atoms with Gasteiger partial charge in [0.2, 0.25) is 0 Å². The minimum absolute atomic E-state index is 0.00417. The molecule has 0 atom stereocenters. The number of nitrogens with one attached hydrogen (secondary N) is 2. The Morgan fingerprint density at radius 3 is 2.43 bits per heavy atom. The molecule has 1 aromatic carbocycles. The second-order valence-electron chi connectivity index (χ2n) is 7.74. The highest BCUT2D eigenvalue weighted by molar-refractivity contribution is 6.30. The second kappa shape index (κ2) is 6.35. The molecule has 0 aromatic heterocycles. The third-order valence-electron chi connectivity index (χ3n) is 6.11. The predicted molar refractivity (Wildman–Crippen MR) is 92.5 cm³/mol. The Bertz CT molecular complexity index is 560. The van der Waals surface area contributed by atoms with Crippen LogP contribution in [0.1, 0.15) is 37.7 Å². The first-order valence-corrected chi connectivity index (χ1v) is 9.34. The Hall–Kier alpha value is -1.22.